The van der Waals surface area contributed by atoms with Crippen LogP contribution in [0.5, 0.6) is 0 Å². The van der Waals surface area contributed by atoms with Crippen LogP contribution >= 0.6 is 0 Å². The minimum absolute atomic E-state index is 0.0814. The zero-order chi connectivity index (χ0) is 26.4. The van der Waals surface area contributed by atoms with Crippen LogP contribution in [0.4, 0.5) is 0 Å². The second kappa shape index (κ2) is 16.1. The highest BCUT2D eigenvalue weighted by molar-refractivity contribution is 5.84. The lowest BCUT2D eigenvalue weighted by atomic mass is 9.88. The summed E-state index contributed by atoms with van der Waals surface area (Å²) in [5, 5.41) is 29.5. The zero-order valence-corrected chi connectivity index (χ0v) is 22.2. The van der Waals surface area contributed by atoms with Crippen LogP contribution in [0.15, 0.2) is 12.2 Å². The number of ketones is 1. The van der Waals surface area contributed by atoms with Crippen LogP contribution in [0.1, 0.15) is 84.0 Å². The maximum Gasteiger partial charge on any atom is 0.307 e. The van der Waals surface area contributed by atoms with Crippen molar-refractivity contribution >= 4 is 17.7 Å². The lowest BCUT2D eigenvalue weighted by Gasteiger charge is -2.28. The minimum Gasteiger partial charge on any atom is -0.481 e. The van der Waals surface area contributed by atoms with Crippen molar-refractivity contribution in [3.8, 4) is 0 Å². The number of rotatable bonds is 18. The van der Waals surface area contributed by atoms with Crippen molar-refractivity contribution in [3.05, 3.63) is 12.2 Å². The highest BCUT2D eigenvalue weighted by atomic mass is 16.5. The number of hydrogen-bond donors (Lipinski definition) is 3. The van der Waals surface area contributed by atoms with Gasteiger partial charge in [0, 0.05) is 24.7 Å². The number of carbonyl (C=O) groups is 3. The number of aliphatic hydroxyl groups excluding tert-OH is 2. The lowest BCUT2D eigenvalue weighted by Crippen LogP contribution is -2.43. The summed E-state index contributed by atoms with van der Waals surface area (Å²) in [6.07, 6.45) is 9.57. The predicted molar refractivity (Wildman–Crippen MR) is 135 cm³/mol. The Morgan fingerprint density at radius 1 is 1.11 bits per heavy atom. The SMILES string of the molecule is CCCCCC(O)/C=C/C1C(O)CC(=O)C1CCCCCCC(=O)OC(CC(=O)O)C[N+](C)(C)C. The number of aliphatic carboxylic acids is 1. The van der Waals surface area contributed by atoms with E-state index in [4.69, 9.17) is 9.84 Å². The molecule has 202 valence electrons. The van der Waals surface area contributed by atoms with Gasteiger partial charge >= 0.3 is 11.9 Å². The third-order valence-corrected chi connectivity index (χ3v) is 6.49. The van der Waals surface area contributed by atoms with Gasteiger partial charge in [0.15, 0.2) is 6.10 Å². The highest BCUT2D eigenvalue weighted by Gasteiger charge is 2.39. The number of Topliss-reactive ketones (excluding diaryl/α,β-unsaturated/α-hetero) is 1. The number of ether oxygens (including phenoxy) is 1. The van der Waals surface area contributed by atoms with Gasteiger partial charge in [-0.1, -0.05) is 57.6 Å². The monoisotopic (exact) mass is 498 g/mol. The van der Waals surface area contributed by atoms with E-state index in [9.17, 15) is 24.6 Å². The summed E-state index contributed by atoms with van der Waals surface area (Å²) in [6, 6.07) is 0. The molecule has 1 rings (SSSR count). The van der Waals surface area contributed by atoms with E-state index in [-0.39, 0.29) is 42.9 Å². The number of aliphatic hydroxyl groups is 2. The number of esters is 1. The summed E-state index contributed by atoms with van der Waals surface area (Å²) in [7, 11) is 5.77. The van der Waals surface area contributed by atoms with Crippen molar-refractivity contribution in [1.82, 2.24) is 0 Å². The van der Waals surface area contributed by atoms with Crippen molar-refractivity contribution in [2.75, 3.05) is 27.7 Å². The van der Waals surface area contributed by atoms with E-state index in [1.165, 1.54) is 0 Å². The topological polar surface area (TPSA) is 121 Å². The van der Waals surface area contributed by atoms with Gasteiger partial charge in [-0.25, -0.2) is 0 Å². The normalized spacial score (nSPS) is 22.5. The molecule has 0 bridgehead atoms. The quantitative estimate of drug-likeness (QED) is 0.114. The molecule has 0 spiro atoms. The second-order valence-corrected chi connectivity index (χ2v) is 11.0. The summed E-state index contributed by atoms with van der Waals surface area (Å²) in [5.41, 5.74) is 0. The summed E-state index contributed by atoms with van der Waals surface area (Å²) in [5.74, 6) is -1.74. The molecule has 0 radical (unpaired) electrons. The molecule has 3 N–H and O–H groups in total. The Kier molecular flexibility index (Phi) is 14.4. The van der Waals surface area contributed by atoms with Crippen LogP contribution in [-0.4, -0.2) is 83.5 Å². The van der Waals surface area contributed by atoms with Crippen molar-refractivity contribution in [2.45, 2.75) is 102 Å². The Balaban J connectivity index is 2.37. The number of carboxylic acids is 1. The summed E-state index contributed by atoms with van der Waals surface area (Å²) in [4.78, 5) is 35.6. The number of quaternary nitrogens is 1. The first-order valence-corrected chi connectivity index (χ1v) is 13.2. The smallest absolute Gasteiger partial charge is 0.307 e. The van der Waals surface area contributed by atoms with Gasteiger partial charge < -0.3 is 24.5 Å². The van der Waals surface area contributed by atoms with Crippen molar-refractivity contribution < 1.29 is 38.9 Å². The summed E-state index contributed by atoms with van der Waals surface area (Å²) >= 11 is 0. The molecule has 5 atom stereocenters. The van der Waals surface area contributed by atoms with E-state index in [0.717, 1.165) is 38.5 Å². The van der Waals surface area contributed by atoms with Gasteiger partial charge in [-0.3, -0.25) is 14.4 Å². The molecule has 35 heavy (non-hydrogen) atoms. The Bertz CT molecular complexity index is 686. The fourth-order valence-corrected chi connectivity index (χ4v) is 4.73. The summed E-state index contributed by atoms with van der Waals surface area (Å²) in [6.45, 7) is 2.55. The standard InChI is InChI=1S/C27H47NO7/c1-5-6-9-12-20(29)15-16-23-22(24(30)18-25(23)31)13-10-7-8-11-14-27(34)35-21(17-26(32)33)19-28(2,3)4/h15-16,20-23,25,29,31H,5-14,17-19H2,1-4H3/p+1/b16-15+. The molecule has 8 nitrogen and oxygen atoms in total. The van der Waals surface area contributed by atoms with Crippen molar-refractivity contribution in [1.29, 1.82) is 0 Å². The molecule has 8 heteroatoms. The predicted octanol–water partition coefficient (Wildman–Crippen LogP) is 3.48. The van der Waals surface area contributed by atoms with Gasteiger partial charge in [0.2, 0.25) is 0 Å². The third kappa shape index (κ3) is 13.8. The molecule has 0 aromatic heterocycles. The molecule has 0 heterocycles. The van der Waals surface area contributed by atoms with Gasteiger partial charge in [-0.2, -0.15) is 0 Å². The molecular weight excluding hydrogens is 450 g/mol. The zero-order valence-electron chi connectivity index (χ0n) is 22.2. The third-order valence-electron chi connectivity index (χ3n) is 6.49. The Hall–Kier alpha value is -1.77. The Morgan fingerprint density at radius 3 is 2.43 bits per heavy atom. The molecule has 0 saturated heterocycles. The van der Waals surface area contributed by atoms with Crippen LogP contribution in [0, 0.1) is 11.8 Å². The van der Waals surface area contributed by atoms with Gasteiger partial charge in [0.25, 0.3) is 0 Å². The number of nitrogens with zero attached hydrogens (tertiary/aromatic N) is 1. The van der Waals surface area contributed by atoms with Crippen LogP contribution in [0.25, 0.3) is 0 Å². The molecule has 0 aliphatic heterocycles. The first-order valence-electron chi connectivity index (χ1n) is 13.2. The van der Waals surface area contributed by atoms with Crippen molar-refractivity contribution in [2.24, 2.45) is 11.8 Å². The van der Waals surface area contributed by atoms with Crippen LogP contribution < -0.4 is 0 Å². The van der Waals surface area contributed by atoms with Gasteiger partial charge in [0.05, 0.1) is 39.8 Å². The van der Waals surface area contributed by atoms with Gasteiger partial charge in [0.1, 0.15) is 12.3 Å². The second-order valence-electron chi connectivity index (χ2n) is 11.0. The van der Waals surface area contributed by atoms with E-state index in [0.29, 0.717) is 30.3 Å². The largest absolute Gasteiger partial charge is 0.481 e. The fraction of sp³-hybridized carbons (Fsp3) is 0.815. The Labute approximate surface area is 210 Å². The molecule has 1 fully saturated rings. The fourth-order valence-electron chi connectivity index (χ4n) is 4.73. The number of carbonyl (C=O) groups excluding carboxylic acids is 2. The minimum atomic E-state index is -0.984. The van der Waals surface area contributed by atoms with E-state index in [2.05, 4.69) is 6.92 Å². The molecule has 0 aromatic carbocycles. The van der Waals surface area contributed by atoms with Crippen LogP contribution in [0.2, 0.25) is 0 Å². The summed E-state index contributed by atoms with van der Waals surface area (Å²) < 4.78 is 5.91. The van der Waals surface area contributed by atoms with Gasteiger partial charge in [-0.15, -0.1) is 0 Å². The van der Waals surface area contributed by atoms with E-state index < -0.39 is 24.3 Å². The van der Waals surface area contributed by atoms with Gasteiger partial charge in [-0.05, 0) is 19.3 Å². The molecule has 0 amide bonds. The van der Waals surface area contributed by atoms with E-state index in [1.807, 2.05) is 27.2 Å². The maximum atomic E-state index is 12.4. The molecule has 5 unspecified atom stereocenters. The number of unbranched alkanes of at least 4 members (excludes halogenated alkanes) is 5. The average molecular weight is 499 g/mol. The lowest BCUT2D eigenvalue weighted by molar-refractivity contribution is -0.873. The number of hydrogen-bond acceptors (Lipinski definition) is 6. The average Bonchev–Trinajstić information content (AvgIpc) is 2.99. The molecular formula is C27H48NO7+. The highest BCUT2D eigenvalue weighted by Crippen LogP contribution is 2.34. The van der Waals surface area contributed by atoms with Crippen LogP contribution in [-0.2, 0) is 19.1 Å². The number of likely N-dealkylation sites (N-methyl/N-ethyl adjacent to an activating group) is 1. The first kappa shape index (κ1) is 31.3. The first-order chi connectivity index (χ1) is 16.4. The maximum absolute atomic E-state index is 12.4. The Morgan fingerprint density at radius 2 is 1.80 bits per heavy atom. The van der Waals surface area contributed by atoms with E-state index >= 15 is 0 Å². The molecule has 1 saturated carbocycles. The van der Waals surface area contributed by atoms with E-state index in [1.54, 1.807) is 6.08 Å². The molecule has 0 aromatic rings. The van der Waals surface area contributed by atoms with Crippen molar-refractivity contribution in [3.63, 3.8) is 0 Å². The molecule has 1 aliphatic rings. The molecule has 1 aliphatic carbocycles. The van der Waals surface area contributed by atoms with Crippen LogP contribution in [0.3, 0.4) is 0 Å². The number of carboxylic acid groups (broad SMARTS) is 1.